The molecular formula is C17H17BrClNO. The van der Waals surface area contributed by atoms with E-state index in [1.54, 1.807) is 0 Å². The van der Waals surface area contributed by atoms with Crippen LogP contribution >= 0.6 is 27.5 Å². The molecule has 21 heavy (non-hydrogen) atoms. The minimum absolute atomic E-state index is 0.102. The Bertz CT molecular complexity index is 628. The molecule has 0 aliphatic carbocycles. The van der Waals surface area contributed by atoms with Gasteiger partial charge in [-0.15, -0.1) is 0 Å². The second-order valence-electron chi connectivity index (χ2n) is 5.42. The topological polar surface area (TPSA) is 21.3 Å². The smallest absolute Gasteiger partial charge is 0.120 e. The third-order valence-corrected chi connectivity index (χ3v) is 4.84. The maximum absolute atomic E-state index is 6.36. The van der Waals surface area contributed by atoms with Gasteiger partial charge in [0.1, 0.15) is 5.75 Å². The molecule has 0 aromatic heterocycles. The van der Waals surface area contributed by atoms with Gasteiger partial charge in [0.05, 0.1) is 6.61 Å². The third-order valence-electron chi connectivity index (χ3n) is 4.02. The molecule has 2 nitrogen and oxygen atoms in total. The van der Waals surface area contributed by atoms with Gasteiger partial charge in [-0.3, -0.25) is 0 Å². The second kappa shape index (κ2) is 6.39. The molecule has 1 fully saturated rings. The fraction of sp³-hybridized carbons (Fsp3) is 0.294. The molecule has 1 aliphatic rings. The summed E-state index contributed by atoms with van der Waals surface area (Å²) in [6, 6.07) is 16.1. The fourth-order valence-electron chi connectivity index (χ4n) is 2.74. The van der Waals surface area contributed by atoms with Crippen LogP contribution in [0.1, 0.15) is 12.0 Å². The Labute approximate surface area is 138 Å². The van der Waals surface area contributed by atoms with Crippen molar-refractivity contribution in [2.75, 3.05) is 19.7 Å². The molecule has 1 N–H and O–H groups in total. The standard InChI is InChI=1S/C17H17BrClNO/c18-13-4-3-5-14(10-13)21-9-8-17(11-20-12-17)15-6-1-2-7-16(15)19/h1-7,10,20H,8-9,11-12H2. The number of hydrogen-bond acceptors (Lipinski definition) is 2. The molecule has 1 aliphatic heterocycles. The van der Waals surface area contributed by atoms with E-state index in [-0.39, 0.29) is 5.41 Å². The molecule has 0 radical (unpaired) electrons. The summed E-state index contributed by atoms with van der Waals surface area (Å²) in [6.07, 6.45) is 0.955. The lowest BCUT2D eigenvalue weighted by Crippen LogP contribution is -2.57. The van der Waals surface area contributed by atoms with Crippen LogP contribution in [0.15, 0.2) is 53.0 Å². The van der Waals surface area contributed by atoms with Crippen LogP contribution in [0.4, 0.5) is 0 Å². The number of halogens is 2. The molecule has 0 spiro atoms. The Hall–Kier alpha value is -1.03. The van der Waals surface area contributed by atoms with Crippen molar-refractivity contribution in [1.29, 1.82) is 0 Å². The first-order valence-electron chi connectivity index (χ1n) is 7.04. The zero-order valence-corrected chi connectivity index (χ0v) is 14.0. The van der Waals surface area contributed by atoms with E-state index in [0.717, 1.165) is 34.8 Å². The Morgan fingerprint density at radius 3 is 2.62 bits per heavy atom. The van der Waals surface area contributed by atoms with E-state index in [1.807, 2.05) is 36.4 Å². The molecule has 0 atom stereocenters. The first-order valence-corrected chi connectivity index (χ1v) is 8.21. The van der Waals surface area contributed by atoms with Crippen LogP contribution in [-0.4, -0.2) is 19.7 Å². The lowest BCUT2D eigenvalue weighted by Gasteiger charge is -2.43. The first-order chi connectivity index (χ1) is 10.2. The molecule has 1 saturated heterocycles. The number of rotatable bonds is 5. The predicted octanol–water partition coefficient (Wildman–Crippen LogP) is 4.41. The number of benzene rings is 2. The van der Waals surface area contributed by atoms with Crippen LogP contribution in [0, 0.1) is 0 Å². The molecule has 0 amide bonds. The van der Waals surface area contributed by atoms with E-state index < -0.39 is 0 Å². The van der Waals surface area contributed by atoms with Crippen LogP contribution in [0.2, 0.25) is 5.02 Å². The Balaban J connectivity index is 1.67. The monoisotopic (exact) mass is 365 g/mol. The Morgan fingerprint density at radius 2 is 1.95 bits per heavy atom. The molecule has 0 bridgehead atoms. The van der Waals surface area contributed by atoms with Crippen LogP contribution in [-0.2, 0) is 5.41 Å². The van der Waals surface area contributed by atoms with E-state index in [9.17, 15) is 0 Å². The van der Waals surface area contributed by atoms with Gasteiger partial charge in [0.2, 0.25) is 0 Å². The summed E-state index contributed by atoms with van der Waals surface area (Å²) in [5, 5.41) is 4.21. The second-order valence-corrected chi connectivity index (χ2v) is 6.74. The quantitative estimate of drug-likeness (QED) is 0.846. The molecule has 1 heterocycles. The van der Waals surface area contributed by atoms with Crippen molar-refractivity contribution in [3.8, 4) is 5.75 Å². The van der Waals surface area contributed by atoms with Gasteiger partial charge in [-0.05, 0) is 36.2 Å². The normalized spacial score (nSPS) is 16.3. The van der Waals surface area contributed by atoms with Crippen molar-refractivity contribution in [2.45, 2.75) is 11.8 Å². The van der Waals surface area contributed by atoms with Gasteiger partial charge in [-0.25, -0.2) is 0 Å². The lowest BCUT2D eigenvalue weighted by atomic mass is 9.73. The zero-order valence-electron chi connectivity index (χ0n) is 11.6. The van der Waals surface area contributed by atoms with Crippen LogP contribution in [0.5, 0.6) is 5.75 Å². The van der Waals surface area contributed by atoms with Gasteiger partial charge < -0.3 is 10.1 Å². The highest BCUT2D eigenvalue weighted by molar-refractivity contribution is 9.10. The zero-order chi connectivity index (χ0) is 14.7. The van der Waals surface area contributed by atoms with E-state index in [0.29, 0.717) is 6.61 Å². The number of ether oxygens (including phenoxy) is 1. The van der Waals surface area contributed by atoms with Crippen molar-refractivity contribution in [2.24, 2.45) is 0 Å². The maximum atomic E-state index is 6.36. The van der Waals surface area contributed by atoms with Crippen molar-refractivity contribution >= 4 is 27.5 Å². The third kappa shape index (κ3) is 3.25. The van der Waals surface area contributed by atoms with Gasteiger partial charge in [0.15, 0.2) is 0 Å². The van der Waals surface area contributed by atoms with Crippen LogP contribution in [0.3, 0.4) is 0 Å². The molecule has 4 heteroatoms. The minimum atomic E-state index is 0.102. The van der Waals surface area contributed by atoms with Crippen LogP contribution in [0.25, 0.3) is 0 Å². The summed E-state index contributed by atoms with van der Waals surface area (Å²) < 4.78 is 6.91. The number of nitrogens with one attached hydrogen (secondary N) is 1. The average Bonchev–Trinajstić information content (AvgIpc) is 2.43. The fourth-order valence-corrected chi connectivity index (χ4v) is 3.46. The molecule has 0 unspecified atom stereocenters. The van der Waals surface area contributed by atoms with E-state index >= 15 is 0 Å². The van der Waals surface area contributed by atoms with E-state index in [1.165, 1.54) is 5.56 Å². The summed E-state index contributed by atoms with van der Waals surface area (Å²) in [6.45, 7) is 2.60. The van der Waals surface area contributed by atoms with Crippen molar-refractivity contribution < 1.29 is 4.74 Å². The van der Waals surface area contributed by atoms with Gasteiger partial charge in [-0.2, -0.15) is 0 Å². The highest BCUT2D eigenvalue weighted by atomic mass is 79.9. The Kier molecular flexibility index (Phi) is 4.53. The summed E-state index contributed by atoms with van der Waals surface area (Å²) in [5.74, 6) is 0.894. The predicted molar refractivity (Wildman–Crippen MR) is 90.3 cm³/mol. The molecule has 2 aromatic carbocycles. The minimum Gasteiger partial charge on any atom is -0.494 e. The molecular weight excluding hydrogens is 350 g/mol. The van der Waals surface area contributed by atoms with Crippen molar-refractivity contribution in [3.63, 3.8) is 0 Å². The van der Waals surface area contributed by atoms with Gasteiger partial charge in [0, 0.05) is 28.0 Å². The Morgan fingerprint density at radius 1 is 1.14 bits per heavy atom. The van der Waals surface area contributed by atoms with E-state index in [2.05, 4.69) is 33.4 Å². The van der Waals surface area contributed by atoms with Gasteiger partial charge >= 0.3 is 0 Å². The molecule has 0 saturated carbocycles. The highest BCUT2D eigenvalue weighted by Gasteiger charge is 2.39. The maximum Gasteiger partial charge on any atom is 0.120 e. The molecule has 3 rings (SSSR count). The van der Waals surface area contributed by atoms with Gasteiger partial charge in [-0.1, -0.05) is 51.8 Å². The molecule has 110 valence electrons. The van der Waals surface area contributed by atoms with E-state index in [4.69, 9.17) is 16.3 Å². The highest BCUT2D eigenvalue weighted by Crippen LogP contribution is 2.36. The molecule has 2 aromatic rings. The lowest BCUT2D eigenvalue weighted by molar-refractivity contribution is 0.199. The average molecular weight is 367 g/mol. The first kappa shape index (κ1) is 14.9. The van der Waals surface area contributed by atoms with Crippen molar-refractivity contribution in [1.82, 2.24) is 5.32 Å². The summed E-state index contributed by atoms with van der Waals surface area (Å²) in [4.78, 5) is 0. The summed E-state index contributed by atoms with van der Waals surface area (Å²) >= 11 is 9.82. The van der Waals surface area contributed by atoms with Gasteiger partial charge in [0.25, 0.3) is 0 Å². The summed E-state index contributed by atoms with van der Waals surface area (Å²) in [5.41, 5.74) is 1.33. The van der Waals surface area contributed by atoms with Crippen molar-refractivity contribution in [3.05, 3.63) is 63.6 Å². The number of hydrogen-bond donors (Lipinski definition) is 1. The summed E-state index contributed by atoms with van der Waals surface area (Å²) in [7, 11) is 0. The SMILES string of the molecule is Clc1ccccc1C1(CCOc2cccc(Br)c2)CNC1. The largest absolute Gasteiger partial charge is 0.494 e. The van der Waals surface area contributed by atoms with Crippen LogP contribution < -0.4 is 10.1 Å².